The fourth-order valence-corrected chi connectivity index (χ4v) is 2.78. The van der Waals surface area contributed by atoms with Crippen molar-refractivity contribution in [3.8, 4) is 0 Å². The Labute approximate surface area is 116 Å². The highest BCUT2D eigenvalue weighted by atomic mass is 32.1. The SMILES string of the molecule is C=C[C@H](C)[C@@H]1NC(=O)N([C@@H](C)c2csc(C)n2)C1=O. The zero-order valence-corrected chi connectivity index (χ0v) is 12.0. The van der Waals surface area contributed by atoms with Crippen LogP contribution in [0.25, 0.3) is 0 Å². The predicted octanol–water partition coefficient (Wildman–Crippen LogP) is 2.26. The minimum absolute atomic E-state index is 0.0918. The van der Waals surface area contributed by atoms with Crippen molar-refractivity contribution in [3.05, 3.63) is 28.7 Å². The van der Waals surface area contributed by atoms with E-state index >= 15 is 0 Å². The van der Waals surface area contributed by atoms with E-state index in [9.17, 15) is 9.59 Å². The Morgan fingerprint density at radius 1 is 1.53 bits per heavy atom. The molecule has 1 N–H and O–H groups in total. The van der Waals surface area contributed by atoms with Gasteiger partial charge in [-0.1, -0.05) is 13.0 Å². The number of amides is 3. The highest BCUT2D eigenvalue weighted by Crippen LogP contribution is 2.27. The largest absolute Gasteiger partial charge is 0.325 e. The van der Waals surface area contributed by atoms with Gasteiger partial charge in [-0.25, -0.2) is 9.78 Å². The fraction of sp³-hybridized carbons (Fsp3) is 0.462. The highest BCUT2D eigenvalue weighted by Gasteiger charge is 2.43. The van der Waals surface area contributed by atoms with Gasteiger partial charge in [0.1, 0.15) is 6.04 Å². The molecule has 0 radical (unpaired) electrons. The molecule has 0 aromatic carbocycles. The van der Waals surface area contributed by atoms with E-state index in [0.29, 0.717) is 0 Å². The van der Waals surface area contributed by atoms with Gasteiger partial charge >= 0.3 is 6.03 Å². The Bertz CT molecular complexity index is 526. The van der Waals surface area contributed by atoms with Gasteiger partial charge in [-0.3, -0.25) is 9.69 Å². The second kappa shape index (κ2) is 5.13. The molecular weight excluding hydrogens is 262 g/mol. The van der Waals surface area contributed by atoms with Crippen LogP contribution in [0.15, 0.2) is 18.0 Å². The van der Waals surface area contributed by atoms with Gasteiger partial charge in [0, 0.05) is 11.3 Å². The summed E-state index contributed by atoms with van der Waals surface area (Å²) in [4.78, 5) is 29.9. The average Bonchev–Trinajstić information content (AvgIpc) is 2.92. The Balaban J connectivity index is 2.23. The molecular formula is C13H17N3O2S. The molecule has 3 atom stereocenters. The summed E-state index contributed by atoms with van der Waals surface area (Å²) in [6.07, 6.45) is 1.67. The average molecular weight is 279 g/mol. The summed E-state index contributed by atoms with van der Waals surface area (Å²) in [5, 5.41) is 5.50. The van der Waals surface area contributed by atoms with Gasteiger partial charge in [-0.2, -0.15) is 0 Å². The molecule has 1 fully saturated rings. The molecule has 1 aromatic heterocycles. The van der Waals surface area contributed by atoms with Gasteiger partial charge in [0.25, 0.3) is 5.91 Å². The molecule has 1 aliphatic heterocycles. The number of hydrogen-bond donors (Lipinski definition) is 1. The molecule has 1 saturated heterocycles. The maximum absolute atomic E-state index is 12.3. The van der Waals surface area contributed by atoms with E-state index in [2.05, 4.69) is 16.9 Å². The predicted molar refractivity (Wildman–Crippen MR) is 73.8 cm³/mol. The van der Waals surface area contributed by atoms with Crippen LogP contribution in [0.5, 0.6) is 0 Å². The number of nitrogens with zero attached hydrogens (tertiary/aromatic N) is 2. The second-order valence-corrected chi connectivity index (χ2v) is 5.76. The third-order valence-corrected chi connectivity index (χ3v) is 4.14. The number of aromatic nitrogens is 1. The van der Waals surface area contributed by atoms with E-state index in [1.165, 1.54) is 16.2 Å². The van der Waals surface area contributed by atoms with Crippen molar-refractivity contribution in [2.45, 2.75) is 32.9 Å². The molecule has 0 bridgehead atoms. The summed E-state index contributed by atoms with van der Waals surface area (Å²) in [7, 11) is 0. The molecule has 102 valence electrons. The third kappa shape index (κ3) is 2.40. The molecule has 0 aliphatic carbocycles. The first-order chi connectivity index (χ1) is 8.95. The van der Waals surface area contributed by atoms with Crippen molar-refractivity contribution in [2.75, 3.05) is 0 Å². The van der Waals surface area contributed by atoms with E-state index < -0.39 is 6.04 Å². The number of aryl methyl sites for hydroxylation is 1. The minimum Gasteiger partial charge on any atom is -0.325 e. The molecule has 1 aromatic rings. The molecule has 2 rings (SSSR count). The monoisotopic (exact) mass is 279 g/mol. The number of nitrogens with one attached hydrogen (secondary N) is 1. The molecule has 5 nitrogen and oxygen atoms in total. The number of hydrogen-bond acceptors (Lipinski definition) is 4. The maximum Gasteiger partial charge on any atom is 0.325 e. The van der Waals surface area contributed by atoms with Crippen LogP contribution < -0.4 is 5.32 Å². The van der Waals surface area contributed by atoms with Gasteiger partial charge in [0.15, 0.2) is 0 Å². The van der Waals surface area contributed by atoms with E-state index in [1.807, 2.05) is 26.2 Å². The van der Waals surface area contributed by atoms with Crippen LogP contribution >= 0.6 is 11.3 Å². The Hall–Kier alpha value is -1.69. The van der Waals surface area contributed by atoms with Crippen LogP contribution in [0, 0.1) is 12.8 Å². The number of thiazole rings is 1. The first-order valence-corrected chi connectivity index (χ1v) is 7.01. The summed E-state index contributed by atoms with van der Waals surface area (Å²) >= 11 is 1.51. The van der Waals surface area contributed by atoms with Crippen LogP contribution in [0.2, 0.25) is 0 Å². The van der Waals surface area contributed by atoms with Crippen LogP contribution in [-0.2, 0) is 4.79 Å². The van der Waals surface area contributed by atoms with Gasteiger partial charge in [-0.05, 0) is 13.8 Å². The lowest BCUT2D eigenvalue weighted by Gasteiger charge is -2.20. The van der Waals surface area contributed by atoms with Crippen LogP contribution in [0.4, 0.5) is 4.79 Å². The fourth-order valence-electron chi connectivity index (χ4n) is 2.08. The number of carbonyl (C=O) groups is 2. The number of rotatable bonds is 4. The molecule has 0 unspecified atom stereocenters. The molecule has 0 spiro atoms. The summed E-state index contributed by atoms with van der Waals surface area (Å²) in [6, 6.07) is -1.23. The van der Waals surface area contributed by atoms with Crippen molar-refractivity contribution in [3.63, 3.8) is 0 Å². The van der Waals surface area contributed by atoms with Crippen molar-refractivity contribution in [2.24, 2.45) is 5.92 Å². The van der Waals surface area contributed by atoms with E-state index in [0.717, 1.165) is 10.7 Å². The Morgan fingerprint density at radius 3 is 2.74 bits per heavy atom. The summed E-state index contributed by atoms with van der Waals surface area (Å²) in [6.45, 7) is 9.23. The molecule has 6 heteroatoms. The second-order valence-electron chi connectivity index (χ2n) is 4.70. The summed E-state index contributed by atoms with van der Waals surface area (Å²) in [5.74, 6) is -0.304. The number of urea groups is 1. The van der Waals surface area contributed by atoms with E-state index in [4.69, 9.17) is 0 Å². The summed E-state index contributed by atoms with van der Waals surface area (Å²) < 4.78 is 0. The topological polar surface area (TPSA) is 62.3 Å². The van der Waals surface area contributed by atoms with E-state index in [1.54, 1.807) is 6.08 Å². The smallest absolute Gasteiger partial charge is 0.325 e. The minimum atomic E-state index is -0.521. The number of imide groups is 1. The van der Waals surface area contributed by atoms with Gasteiger partial charge < -0.3 is 5.32 Å². The first-order valence-electron chi connectivity index (χ1n) is 6.14. The zero-order valence-electron chi connectivity index (χ0n) is 11.2. The summed E-state index contributed by atoms with van der Waals surface area (Å²) in [5.41, 5.74) is 0.748. The van der Waals surface area contributed by atoms with Crippen molar-refractivity contribution in [1.82, 2.24) is 15.2 Å². The standard InChI is InChI=1S/C13H17N3O2S/c1-5-7(2)11-12(17)16(13(18)15-11)8(3)10-6-19-9(4)14-10/h5-8,11H,1H2,2-4H3,(H,15,18)/t7-,8-,11-/m0/s1. The Morgan fingerprint density at radius 2 is 2.21 bits per heavy atom. The highest BCUT2D eigenvalue weighted by molar-refractivity contribution is 7.09. The van der Waals surface area contributed by atoms with Crippen molar-refractivity contribution in [1.29, 1.82) is 0 Å². The van der Waals surface area contributed by atoms with Crippen LogP contribution in [-0.4, -0.2) is 27.9 Å². The molecule has 3 amide bonds. The van der Waals surface area contributed by atoms with Gasteiger partial charge in [0.2, 0.25) is 0 Å². The van der Waals surface area contributed by atoms with Crippen LogP contribution in [0.3, 0.4) is 0 Å². The lowest BCUT2D eigenvalue weighted by atomic mass is 10.0. The molecule has 1 aliphatic rings. The van der Waals surface area contributed by atoms with Crippen molar-refractivity contribution < 1.29 is 9.59 Å². The van der Waals surface area contributed by atoms with E-state index in [-0.39, 0.29) is 23.9 Å². The van der Waals surface area contributed by atoms with Gasteiger partial charge in [-0.15, -0.1) is 17.9 Å². The molecule has 0 saturated carbocycles. The van der Waals surface area contributed by atoms with Crippen molar-refractivity contribution >= 4 is 23.3 Å². The lowest BCUT2D eigenvalue weighted by molar-refractivity contribution is -0.129. The maximum atomic E-state index is 12.3. The molecule has 19 heavy (non-hydrogen) atoms. The normalized spacial score (nSPS) is 22.3. The van der Waals surface area contributed by atoms with Crippen LogP contribution in [0.1, 0.15) is 30.6 Å². The third-order valence-electron chi connectivity index (χ3n) is 3.35. The molecule has 2 heterocycles. The Kier molecular flexibility index (Phi) is 3.71. The lowest BCUT2D eigenvalue weighted by Crippen LogP contribution is -2.36. The zero-order chi connectivity index (χ0) is 14.2. The number of carbonyl (C=O) groups excluding carboxylic acids is 2. The quantitative estimate of drug-likeness (QED) is 0.679. The first kappa shape index (κ1) is 13.7. The van der Waals surface area contributed by atoms with Gasteiger partial charge in [0.05, 0.1) is 16.7 Å².